The Morgan fingerprint density at radius 3 is 2.83 bits per heavy atom. The second-order valence-corrected chi connectivity index (χ2v) is 5.96. The van der Waals surface area contributed by atoms with Crippen molar-refractivity contribution in [3.63, 3.8) is 0 Å². The van der Waals surface area contributed by atoms with E-state index in [9.17, 15) is 0 Å². The van der Waals surface area contributed by atoms with Gasteiger partial charge >= 0.3 is 0 Å². The quantitative estimate of drug-likeness (QED) is 0.909. The van der Waals surface area contributed by atoms with Gasteiger partial charge in [0.15, 0.2) is 0 Å². The third-order valence-electron chi connectivity index (χ3n) is 3.77. The molecule has 100 valence electrons. The number of rotatable bonds is 2. The van der Waals surface area contributed by atoms with Gasteiger partial charge in [-0.1, -0.05) is 15.9 Å². The maximum absolute atomic E-state index is 5.88. The molecule has 0 aliphatic carbocycles. The summed E-state index contributed by atoms with van der Waals surface area (Å²) in [6.07, 6.45) is 1.20. The molecule has 1 aromatic carbocycles. The molecule has 1 unspecified atom stereocenters. The van der Waals surface area contributed by atoms with E-state index in [1.807, 2.05) is 0 Å². The minimum Gasteiger partial charge on any atom is -0.370 e. The van der Waals surface area contributed by atoms with Gasteiger partial charge < -0.3 is 15.5 Å². The molecule has 0 aromatic heterocycles. The number of nitrogens with zero attached hydrogens (tertiary/aromatic N) is 2. The highest BCUT2D eigenvalue weighted by Gasteiger charge is 2.21. The summed E-state index contributed by atoms with van der Waals surface area (Å²) >= 11 is 3.56. The zero-order valence-electron chi connectivity index (χ0n) is 11.2. The highest BCUT2D eigenvalue weighted by atomic mass is 79.9. The smallest absolute Gasteiger partial charge is 0.0390 e. The number of halogens is 1. The first kappa shape index (κ1) is 13.8. The number of benzene rings is 1. The first-order valence-corrected chi connectivity index (χ1v) is 7.32. The highest BCUT2D eigenvalue weighted by Crippen LogP contribution is 2.24. The van der Waals surface area contributed by atoms with Crippen LogP contribution in [0.15, 0.2) is 22.7 Å². The topological polar surface area (TPSA) is 32.5 Å². The second-order valence-electron chi connectivity index (χ2n) is 5.10. The molecule has 1 heterocycles. The first-order chi connectivity index (χ1) is 8.61. The van der Waals surface area contributed by atoms with Crippen molar-refractivity contribution in [3.05, 3.63) is 28.2 Å². The lowest BCUT2D eigenvalue weighted by atomic mass is 10.2. The Balaban J connectivity index is 2.18. The molecule has 3 nitrogen and oxygen atoms in total. The SMILES string of the molecule is Cc1cc(N2CCCN(C)C(CN)C2)ccc1Br. The molecular formula is C14H22BrN3. The Morgan fingerprint density at radius 1 is 1.39 bits per heavy atom. The van der Waals surface area contributed by atoms with E-state index >= 15 is 0 Å². The highest BCUT2D eigenvalue weighted by molar-refractivity contribution is 9.10. The minimum absolute atomic E-state index is 0.455. The van der Waals surface area contributed by atoms with E-state index in [-0.39, 0.29) is 0 Å². The Kier molecular flexibility index (Phi) is 4.65. The van der Waals surface area contributed by atoms with Gasteiger partial charge in [-0.2, -0.15) is 0 Å². The third-order valence-corrected chi connectivity index (χ3v) is 4.66. The van der Waals surface area contributed by atoms with Gasteiger partial charge in [0.05, 0.1) is 0 Å². The Bertz CT molecular complexity index is 408. The van der Waals surface area contributed by atoms with Crippen LogP contribution in [0.2, 0.25) is 0 Å². The van der Waals surface area contributed by atoms with Gasteiger partial charge in [-0.05, 0) is 50.7 Å². The van der Waals surface area contributed by atoms with Crippen LogP contribution in [0.1, 0.15) is 12.0 Å². The lowest BCUT2D eigenvalue weighted by Crippen LogP contribution is -2.43. The third kappa shape index (κ3) is 3.05. The van der Waals surface area contributed by atoms with Gasteiger partial charge in [-0.3, -0.25) is 0 Å². The average molecular weight is 312 g/mol. The van der Waals surface area contributed by atoms with Crippen molar-refractivity contribution in [2.45, 2.75) is 19.4 Å². The lowest BCUT2D eigenvalue weighted by molar-refractivity contribution is 0.266. The predicted octanol–water partition coefficient (Wildman–Crippen LogP) is 2.23. The van der Waals surface area contributed by atoms with Crippen molar-refractivity contribution in [2.24, 2.45) is 5.73 Å². The zero-order chi connectivity index (χ0) is 13.1. The van der Waals surface area contributed by atoms with Crippen LogP contribution in [0.4, 0.5) is 5.69 Å². The minimum atomic E-state index is 0.455. The molecule has 4 heteroatoms. The molecule has 0 saturated carbocycles. The van der Waals surface area contributed by atoms with Crippen LogP contribution in [0.3, 0.4) is 0 Å². The molecule has 1 aliphatic heterocycles. The molecule has 1 aromatic rings. The molecule has 1 atom stereocenters. The van der Waals surface area contributed by atoms with E-state index in [4.69, 9.17) is 5.73 Å². The van der Waals surface area contributed by atoms with Gasteiger partial charge in [-0.25, -0.2) is 0 Å². The van der Waals surface area contributed by atoms with Gasteiger partial charge in [-0.15, -0.1) is 0 Å². The normalized spacial score (nSPS) is 22.0. The van der Waals surface area contributed by atoms with Crippen LogP contribution in [-0.4, -0.2) is 44.2 Å². The number of hydrogen-bond donors (Lipinski definition) is 1. The number of anilines is 1. The van der Waals surface area contributed by atoms with Gasteiger partial charge in [0.25, 0.3) is 0 Å². The number of aryl methyl sites for hydroxylation is 1. The molecule has 2 N–H and O–H groups in total. The summed E-state index contributed by atoms with van der Waals surface area (Å²) in [7, 11) is 2.17. The van der Waals surface area contributed by atoms with E-state index in [1.54, 1.807) is 0 Å². The van der Waals surface area contributed by atoms with Crippen LogP contribution in [0.25, 0.3) is 0 Å². The van der Waals surface area contributed by atoms with E-state index in [1.165, 1.54) is 22.1 Å². The molecule has 0 radical (unpaired) electrons. The van der Waals surface area contributed by atoms with Crippen LogP contribution < -0.4 is 10.6 Å². The summed E-state index contributed by atoms with van der Waals surface area (Å²) in [6.45, 7) is 6.13. The van der Waals surface area contributed by atoms with Crippen molar-refractivity contribution in [3.8, 4) is 0 Å². The molecule has 0 bridgehead atoms. The zero-order valence-corrected chi connectivity index (χ0v) is 12.8. The summed E-state index contributed by atoms with van der Waals surface area (Å²) < 4.78 is 1.17. The van der Waals surface area contributed by atoms with Crippen LogP contribution in [0.5, 0.6) is 0 Å². The van der Waals surface area contributed by atoms with Crippen LogP contribution in [0, 0.1) is 6.92 Å². The Labute approximate surface area is 118 Å². The fourth-order valence-corrected chi connectivity index (χ4v) is 2.74. The lowest BCUT2D eigenvalue weighted by Gasteiger charge is -2.29. The Morgan fingerprint density at radius 2 is 2.17 bits per heavy atom. The van der Waals surface area contributed by atoms with Gasteiger partial charge in [0.1, 0.15) is 0 Å². The van der Waals surface area contributed by atoms with Gasteiger partial charge in [0, 0.05) is 35.8 Å². The molecule has 1 fully saturated rings. The van der Waals surface area contributed by atoms with Crippen molar-refractivity contribution in [2.75, 3.05) is 38.1 Å². The second kappa shape index (κ2) is 6.04. The number of nitrogens with two attached hydrogens (primary N) is 1. The number of likely N-dealkylation sites (N-methyl/N-ethyl adjacent to an activating group) is 1. The molecule has 18 heavy (non-hydrogen) atoms. The molecule has 1 saturated heterocycles. The standard InChI is InChI=1S/C14H22BrN3/c1-11-8-12(4-5-14(11)15)18-7-3-6-17(2)13(9-16)10-18/h4-5,8,13H,3,6-7,9-10,16H2,1-2H3. The van der Waals surface area contributed by atoms with Gasteiger partial charge in [0.2, 0.25) is 0 Å². The molecule has 0 spiro atoms. The Hall–Kier alpha value is -0.580. The summed E-state index contributed by atoms with van der Waals surface area (Å²) in [5, 5.41) is 0. The largest absolute Gasteiger partial charge is 0.370 e. The predicted molar refractivity (Wildman–Crippen MR) is 81.2 cm³/mol. The molecular weight excluding hydrogens is 290 g/mol. The maximum Gasteiger partial charge on any atom is 0.0390 e. The van der Waals surface area contributed by atoms with Crippen LogP contribution in [-0.2, 0) is 0 Å². The molecule has 0 amide bonds. The number of hydrogen-bond acceptors (Lipinski definition) is 3. The molecule has 1 aliphatic rings. The fourth-order valence-electron chi connectivity index (χ4n) is 2.49. The van der Waals surface area contributed by atoms with Crippen LogP contribution >= 0.6 is 15.9 Å². The first-order valence-electron chi connectivity index (χ1n) is 6.53. The van der Waals surface area contributed by atoms with Crippen molar-refractivity contribution >= 4 is 21.6 Å². The summed E-state index contributed by atoms with van der Waals surface area (Å²) in [5.74, 6) is 0. The average Bonchev–Trinajstić information content (AvgIpc) is 2.54. The monoisotopic (exact) mass is 311 g/mol. The molecule has 2 rings (SSSR count). The summed E-state index contributed by atoms with van der Waals surface area (Å²) in [5.41, 5.74) is 8.48. The van der Waals surface area contributed by atoms with Crippen molar-refractivity contribution < 1.29 is 0 Å². The van der Waals surface area contributed by atoms with Crippen molar-refractivity contribution in [1.29, 1.82) is 0 Å². The summed E-state index contributed by atoms with van der Waals surface area (Å²) in [4.78, 5) is 4.84. The van der Waals surface area contributed by atoms with E-state index < -0.39 is 0 Å². The van der Waals surface area contributed by atoms with E-state index in [2.05, 4.69) is 57.9 Å². The fraction of sp³-hybridized carbons (Fsp3) is 0.571. The summed E-state index contributed by atoms with van der Waals surface area (Å²) in [6, 6.07) is 7.03. The van der Waals surface area contributed by atoms with Crippen molar-refractivity contribution in [1.82, 2.24) is 4.90 Å². The van der Waals surface area contributed by atoms with E-state index in [0.717, 1.165) is 26.2 Å². The van der Waals surface area contributed by atoms with E-state index in [0.29, 0.717) is 6.04 Å². The maximum atomic E-state index is 5.88.